The average Bonchev–Trinajstić information content (AvgIpc) is 3.04. The second kappa shape index (κ2) is 5.95. The number of rotatable bonds is 3. The van der Waals surface area contributed by atoms with Crippen LogP contribution in [0.2, 0.25) is 0 Å². The van der Waals surface area contributed by atoms with Crippen molar-refractivity contribution in [3.05, 3.63) is 59.9 Å². The van der Waals surface area contributed by atoms with Gasteiger partial charge in [0.2, 0.25) is 0 Å². The smallest absolute Gasteiger partial charge is 0.256 e. The molecule has 0 aliphatic carbocycles. The third kappa shape index (κ3) is 2.61. The lowest BCUT2D eigenvalue weighted by atomic mass is 10.0. The van der Waals surface area contributed by atoms with Crippen LogP contribution in [0.15, 0.2) is 48.8 Å². The zero-order valence-electron chi connectivity index (χ0n) is 12.1. The van der Waals surface area contributed by atoms with E-state index >= 15 is 0 Å². The standard InChI is InChI=1S/C17H19N3O/c1-18-15-6-3-2-5-14(15)17(21)20-12-4-7-16(20)13-8-10-19-11-9-13/h2-3,5-6,8-11,16,18H,4,7,12H2,1H3. The number of anilines is 1. The van der Waals surface area contributed by atoms with Gasteiger partial charge in [0.25, 0.3) is 5.91 Å². The molecule has 1 amide bonds. The zero-order valence-corrected chi connectivity index (χ0v) is 12.1. The molecule has 3 rings (SSSR count). The highest BCUT2D eigenvalue weighted by atomic mass is 16.2. The van der Waals surface area contributed by atoms with E-state index < -0.39 is 0 Å². The Kier molecular flexibility index (Phi) is 3.86. The van der Waals surface area contributed by atoms with Crippen LogP contribution in [0.3, 0.4) is 0 Å². The Labute approximate surface area is 124 Å². The molecular formula is C17H19N3O. The van der Waals surface area contributed by atoms with Crippen molar-refractivity contribution in [2.75, 3.05) is 18.9 Å². The Morgan fingerprint density at radius 2 is 2.00 bits per heavy atom. The van der Waals surface area contributed by atoms with Gasteiger partial charge in [-0.1, -0.05) is 12.1 Å². The highest BCUT2D eigenvalue weighted by Crippen LogP contribution is 2.33. The summed E-state index contributed by atoms with van der Waals surface area (Å²) in [6.45, 7) is 0.809. The summed E-state index contributed by atoms with van der Waals surface area (Å²) in [5, 5.41) is 3.10. The quantitative estimate of drug-likeness (QED) is 0.940. The number of pyridine rings is 1. The van der Waals surface area contributed by atoms with Crippen LogP contribution in [0, 0.1) is 0 Å². The second-order valence-electron chi connectivity index (χ2n) is 5.23. The number of benzene rings is 1. The topological polar surface area (TPSA) is 45.2 Å². The molecule has 1 atom stereocenters. The van der Waals surface area contributed by atoms with Crippen molar-refractivity contribution in [2.24, 2.45) is 0 Å². The molecule has 0 saturated carbocycles. The summed E-state index contributed by atoms with van der Waals surface area (Å²) < 4.78 is 0. The number of likely N-dealkylation sites (tertiary alicyclic amines) is 1. The van der Waals surface area contributed by atoms with E-state index in [9.17, 15) is 4.79 Å². The number of nitrogens with zero attached hydrogens (tertiary/aromatic N) is 2. The molecule has 1 aliphatic rings. The first kappa shape index (κ1) is 13.6. The second-order valence-corrected chi connectivity index (χ2v) is 5.23. The predicted molar refractivity (Wildman–Crippen MR) is 83.2 cm³/mol. The maximum absolute atomic E-state index is 12.9. The lowest BCUT2D eigenvalue weighted by Gasteiger charge is -2.26. The molecule has 0 bridgehead atoms. The molecule has 1 aromatic carbocycles. The van der Waals surface area contributed by atoms with E-state index in [1.165, 1.54) is 0 Å². The molecule has 21 heavy (non-hydrogen) atoms. The van der Waals surface area contributed by atoms with Crippen molar-refractivity contribution in [1.82, 2.24) is 9.88 Å². The lowest BCUT2D eigenvalue weighted by Crippen LogP contribution is -2.31. The molecule has 1 aliphatic heterocycles. The van der Waals surface area contributed by atoms with Gasteiger partial charge in [-0.05, 0) is 42.7 Å². The van der Waals surface area contributed by atoms with E-state index in [1.54, 1.807) is 12.4 Å². The highest BCUT2D eigenvalue weighted by Gasteiger charge is 2.31. The maximum Gasteiger partial charge on any atom is 0.256 e. The molecule has 4 nitrogen and oxygen atoms in total. The van der Waals surface area contributed by atoms with Gasteiger partial charge in [0.1, 0.15) is 0 Å². The van der Waals surface area contributed by atoms with Crippen LogP contribution in [0.4, 0.5) is 5.69 Å². The van der Waals surface area contributed by atoms with E-state index in [-0.39, 0.29) is 11.9 Å². The first-order valence-electron chi connectivity index (χ1n) is 7.29. The summed E-state index contributed by atoms with van der Waals surface area (Å²) in [6.07, 6.45) is 5.63. The normalized spacial score (nSPS) is 17.8. The molecular weight excluding hydrogens is 262 g/mol. The Balaban J connectivity index is 1.90. The van der Waals surface area contributed by atoms with Gasteiger partial charge in [-0.3, -0.25) is 9.78 Å². The molecule has 4 heteroatoms. The number of amides is 1. The number of hydrogen-bond donors (Lipinski definition) is 1. The number of nitrogens with one attached hydrogen (secondary N) is 1. The third-order valence-electron chi connectivity index (χ3n) is 4.03. The van der Waals surface area contributed by atoms with Gasteiger partial charge in [-0.25, -0.2) is 0 Å². The van der Waals surface area contributed by atoms with Crippen LogP contribution in [-0.4, -0.2) is 29.4 Å². The molecule has 1 unspecified atom stereocenters. The van der Waals surface area contributed by atoms with E-state index in [4.69, 9.17) is 0 Å². The molecule has 0 spiro atoms. The van der Waals surface area contributed by atoms with Crippen LogP contribution < -0.4 is 5.32 Å². The molecule has 1 N–H and O–H groups in total. The maximum atomic E-state index is 12.9. The summed E-state index contributed by atoms with van der Waals surface area (Å²) in [5.74, 6) is 0.0965. The van der Waals surface area contributed by atoms with Crippen molar-refractivity contribution in [2.45, 2.75) is 18.9 Å². The van der Waals surface area contributed by atoms with E-state index in [0.717, 1.165) is 36.2 Å². The minimum Gasteiger partial charge on any atom is -0.387 e. The largest absolute Gasteiger partial charge is 0.387 e. The third-order valence-corrected chi connectivity index (χ3v) is 4.03. The van der Waals surface area contributed by atoms with Crippen molar-refractivity contribution >= 4 is 11.6 Å². The first-order valence-corrected chi connectivity index (χ1v) is 7.29. The van der Waals surface area contributed by atoms with Gasteiger partial charge in [-0.15, -0.1) is 0 Å². The van der Waals surface area contributed by atoms with E-state index in [2.05, 4.69) is 10.3 Å². The molecule has 108 valence electrons. The van der Waals surface area contributed by atoms with Gasteiger partial charge >= 0.3 is 0 Å². The number of carbonyl (C=O) groups is 1. The van der Waals surface area contributed by atoms with Crippen molar-refractivity contribution in [3.63, 3.8) is 0 Å². The van der Waals surface area contributed by atoms with Gasteiger partial charge in [-0.2, -0.15) is 0 Å². The molecule has 2 heterocycles. The fraction of sp³-hybridized carbons (Fsp3) is 0.294. The van der Waals surface area contributed by atoms with Crippen LogP contribution in [0.25, 0.3) is 0 Å². The van der Waals surface area contributed by atoms with Crippen molar-refractivity contribution in [3.8, 4) is 0 Å². The predicted octanol–water partition coefficient (Wildman–Crippen LogP) is 3.10. The van der Waals surface area contributed by atoms with Crippen molar-refractivity contribution in [1.29, 1.82) is 0 Å². The van der Waals surface area contributed by atoms with Gasteiger partial charge < -0.3 is 10.2 Å². The molecule has 1 saturated heterocycles. The van der Waals surface area contributed by atoms with Crippen LogP contribution in [0.5, 0.6) is 0 Å². The van der Waals surface area contributed by atoms with Gasteiger partial charge in [0.05, 0.1) is 11.6 Å². The van der Waals surface area contributed by atoms with Crippen LogP contribution >= 0.6 is 0 Å². The average molecular weight is 281 g/mol. The van der Waals surface area contributed by atoms with Gasteiger partial charge in [0.15, 0.2) is 0 Å². The Bertz CT molecular complexity index is 627. The summed E-state index contributed by atoms with van der Waals surface area (Å²) in [4.78, 5) is 18.9. The number of para-hydroxylation sites is 1. The first-order chi connectivity index (χ1) is 10.3. The van der Waals surface area contributed by atoms with Crippen LogP contribution in [0.1, 0.15) is 34.8 Å². The van der Waals surface area contributed by atoms with E-state index in [0.29, 0.717) is 0 Å². The molecule has 1 aromatic heterocycles. The van der Waals surface area contributed by atoms with Crippen molar-refractivity contribution < 1.29 is 4.79 Å². The Morgan fingerprint density at radius 1 is 1.24 bits per heavy atom. The number of carbonyl (C=O) groups excluding carboxylic acids is 1. The Hall–Kier alpha value is -2.36. The zero-order chi connectivity index (χ0) is 14.7. The summed E-state index contributed by atoms with van der Waals surface area (Å²) >= 11 is 0. The number of hydrogen-bond acceptors (Lipinski definition) is 3. The molecule has 2 aromatic rings. The monoisotopic (exact) mass is 281 g/mol. The fourth-order valence-electron chi connectivity index (χ4n) is 2.98. The summed E-state index contributed by atoms with van der Waals surface area (Å²) in [7, 11) is 1.84. The summed E-state index contributed by atoms with van der Waals surface area (Å²) in [5.41, 5.74) is 2.78. The minimum atomic E-state index is 0.0965. The fourth-order valence-corrected chi connectivity index (χ4v) is 2.98. The summed E-state index contributed by atoms with van der Waals surface area (Å²) in [6, 6.07) is 11.8. The van der Waals surface area contributed by atoms with E-state index in [1.807, 2.05) is 48.3 Å². The molecule has 1 fully saturated rings. The highest BCUT2D eigenvalue weighted by molar-refractivity contribution is 6.00. The SMILES string of the molecule is CNc1ccccc1C(=O)N1CCCC1c1ccncc1. The minimum absolute atomic E-state index is 0.0965. The number of aromatic nitrogens is 1. The van der Waals surface area contributed by atoms with Gasteiger partial charge in [0, 0.05) is 31.7 Å². The van der Waals surface area contributed by atoms with Crippen LogP contribution in [-0.2, 0) is 0 Å². The Morgan fingerprint density at radius 3 is 2.76 bits per heavy atom. The lowest BCUT2D eigenvalue weighted by molar-refractivity contribution is 0.0736. The molecule has 0 radical (unpaired) electrons.